The minimum Gasteiger partial charge on any atom is -0.465 e. The third kappa shape index (κ3) is 21.3. The first kappa shape index (κ1) is 26.1. The number of carbonyl (C=O) groups excluding carboxylic acids is 2. The first-order chi connectivity index (χ1) is 13.1. The zero-order valence-electron chi connectivity index (χ0n) is 18.5. The molecule has 160 valence electrons. The van der Waals surface area contributed by atoms with Gasteiger partial charge in [-0.2, -0.15) is 0 Å². The van der Waals surface area contributed by atoms with Crippen molar-refractivity contribution in [3.8, 4) is 0 Å². The van der Waals surface area contributed by atoms with Crippen molar-refractivity contribution in [2.24, 2.45) is 5.92 Å². The molecule has 0 rings (SSSR count). The SMILES string of the molecule is CCCCCCC(C)CCCCCCCCCCCCOC(=O)CC(C)=O. The molecule has 0 N–H and O–H groups in total. The molecule has 0 aliphatic carbocycles. The van der Waals surface area contributed by atoms with E-state index in [0.717, 1.165) is 18.8 Å². The zero-order valence-corrected chi connectivity index (χ0v) is 18.5. The summed E-state index contributed by atoms with van der Waals surface area (Å²) in [4.78, 5) is 22.0. The standard InChI is InChI=1S/C24H46O3/c1-4-5-6-15-18-22(2)19-16-13-11-9-7-8-10-12-14-17-20-27-24(26)21-23(3)25/h22H,4-21H2,1-3H3. The van der Waals surface area contributed by atoms with Crippen LogP contribution < -0.4 is 0 Å². The number of carbonyl (C=O) groups is 2. The molecular formula is C24H46O3. The Labute approximate surface area is 169 Å². The average Bonchev–Trinajstić information content (AvgIpc) is 2.62. The van der Waals surface area contributed by atoms with Gasteiger partial charge in [0.15, 0.2) is 0 Å². The molecule has 0 amide bonds. The van der Waals surface area contributed by atoms with Crippen molar-refractivity contribution in [2.45, 2.75) is 130 Å². The molecule has 27 heavy (non-hydrogen) atoms. The van der Waals surface area contributed by atoms with Gasteiger partial charge >= 0.3 is 5.97 Å². The first-order valence-electron chi connectivity index (χ1n) is 11.7. The molecule has 0 aliphatic rings. The van der Waals surface area contributed by atoms with Crippen molar-refractivity contribution < 1.29 is 14.3 Å². The van der Waals surface area contributed by atoms with E-state index in [4.69, 9.17) is 4.74 Å². The topological polar surface area (TPSA) is 43.4 Å². The van der Waals surface area contributed by atoms with Crippen molar-refractivity contribution >= 4 is 11.8 Å². The Balaban J connectivity index is 3.18. The molecule has 0 fully saturated rings. The van der Waals surface area contributed by atoms with Crippen LogP contribution in [0.3, 0.4) is 0 Å². The second kappa shape index (κ2) is 19.9. The van der Waals surface area contributed by atoms with Crippen LogP contribution in [-0.2, 0) is 14.3 Å². The summed E-state index contributed by atoms with van der Waals surface area (Å²) in [5.41, 5.74) is 0. The molecule has 1 atom stereocenters. The monoisotopic (exact) mass is 382 g/mol. The Kier molecular flexibility index (Phi) is 19.3. The van der Waals surface area contributed by atoms with E-state index in [1.807, 2.05) is 0 Å². The molecule has 0 aromatic heterocycles. The normalized spacial score (nSPS) is 12.1. The largest absolute Gasteiger partial charge is 0.465 e. The van der Waals surface area contributed by atoms with E-state index in [1.54, 1.807) is 0 Å². The minimum atomic E-state index is -0.381. The lowest BCUT2D eigenvalue weighted by Gasteiger charge is -2.10. The molecule has 0 saturated heterocycles. The van der Waals surface area contributed by atoms with E-state index < -0.39 is 0 Å². The van der Waals surface area contributed by atoms with Crippen LogP contribution in [0, 0.1) is 5.92 Å². The average molecular weight is 383 g/mol. The van der Waals surface area contributed by atoms with E-state index >= 15 is 0 Å². The summed E-state index contributed by atoms with van der Waals surface area (Å²) in [6, 6.07) is 0. The van der Waals surface area contributed by atoms with Crippen LogP contribution in [0.25, 0.3) is 0 Å². The lowest BCUT2D eigenvalue weighted by Crippen LogP contribution is -2.09. The Morgan fingerprint density at radius 1 is 0.704 bits per heavy atom. The highest BCUT2D eigenvalue weighted by Crippen LogP contribution is 2.18. The van der Waals surface area contributed by atoms with Crippen molar-refractivity contribution in [1.82, 2.24) is 0 Å². The van der Waals surface area contributed by atoms with Gasteiger partial charge < -0.3 is 4.74 Å². The molecule has 0 bridgehead atoms. The quantitative estimate of drug-likeness (QED) is 0.125. The lowest BCUT2D eigenvalue weighted by atomic mass is 9.96. The third-order valence-electron chi connectivity index (χ3n) is 5.30. The number of hydrogen-bond acceptors (Lipinski definition) is 3. The van der Waals surface area contributed by atoms with Crippen molar-refractivity contribution in [2.75, 3.05) is 6.61 Å². The van der Waals surface area contributed by atoms with E-state index in [9.17, 15) is 9.59 Å². The van der Waals surface area contributed by atoms with Gasteiger partial charge in [0.25, 0.3) is 0 Å². The highest BCUT2D eigenvalue weighted by atomic mass is 16.5. The summed E-state index contributed by atoms with van der Waals surface area (Å²) in [5, 5.41) is 0. The van der Waals surface area contributed by atoms with Crippen molar-refractivity contribution in [1.29, 1.82) is 0 Å². The van der Waals surface area contributed by atoms with E-state index in [-0.39, 0.29) is 18.2 Å². The third-order valence-corrected chi connectivity index (χ3v) is 5.30. The predicted octanol–water partition coefficient (Wildman–Crippen LogP) is 7.41. The maximum absolute atomic E-state index is 11.2. The first-order valence-corrected chi connectivity index (χ1v) is 11.7. The molecule has 0 spiro atoms. The number of unbranched alkanes of at least 4 members (excludes halogenated alkanes) is 12. The Hall–Kier alpha value is -0.860. The van der Waals surface area contributed by atoms with Gasteiger partial charge in [0.1, 0.15) is 12.2 Å². The number of ketones is 1. The van der Waals surface area contributed by atoms with Crippen LogP contribution in [0.1, 0.15) is 130 Å². The fourth-order valence-electron chi connectivity index (χ4n) is 3.51. The van der Waals surface area contributed by atoms with Gasteiger partial charge in [-0.15, -0.1) is 0 Å². The minimum absolute atomic E-state index is 0.0854. The van der Waals surface area contributed by atoms with Crippen LogP contribution in [0.15, 0.2) is 0 Å². The molecule has 0 aliphatic heterocycles. The van der Waals surface area contributed by atoms with E-state index in [0.29, 0.717) is 6.61 Å². The van der Waals surface area contributed by atoms with Gasteiger partial charge in [-0.1, -0.05) is 110 Å². The second-order valence-corrected chi connectivity index (χ2v) is 8.38. The summed E-state index contributed by atoms with van der Waals surface area (Å²) in [7, 11) is 0. The van der Waals surface area contributed by atoms with Crippen LogP contribution in [0.2, 0.25) is 0 Å². The van der Waals surface area contributed by atoms with Crippen LogP contribution in [0.4, 0.5) is 0 Å². The van der Waals surface area contributed by atoms with E-state index in [1.165, 1.54) is 96.8 Å². The number of ether oxygens (including phenoxy) is 1. The number of esters is 1. The van der Waals surface area contributed by atoms with Gasteiger partial charge in [-0.05, 0) is 19.3 Å². The molecular weight excluding hydrogens is 336 g/mol. The highest BCUT2D eigenvalue weighted by Gasteiger charge is 2.05. The maximum atomic E-state index is 11.2. The van der Waals surface area contributed by atoms with Crippen LogP contribution in [-0.4, -0.2) is 18.4 Å². The molecule has 1 unspecified atom stereocenters. The van der Waals surface area contributed by atoms with Crippen LogP contribution >= 0.6 is 0 Å². The van der Waals surface area contributed by atoms with Gasteiger partial charge in [0, 0.05) is 0 Å². The molecule has 3 nitrogen and oxygen atoms in total. The Bertz CT molecular complexity index is 352. The summed E-state index contributed by atoms with van der Waals surface area (Å²) in [6.45, 7) is 6.58. The van der Waals surface area contributed by atoms with E-state index in [2.05, 4.69) is 13.8 Å². The van der Waals surface area contributed by atoms with Gasteiger partial charge in [0.05, 0.1) is 6.61 Å². The molecule has 0 heterocycles. The smallest absolute Gasteiger partial charge is 0.313 e. The number of hydrogen-bond donors (Lipinski definition) is 0. The number of rotatable bonds is 20. The van der Waals surface area contributed by atoms with Gasteiger partial charge in [-0.3, -0.25) is 9.59 Å². The number of Topliss-reactive ketones (excluding diaryl/α,β-unsaturated/α-hetero) is 1. The Morgan fingerprint density at radius 3 is 1.63 bits per heavy atom. The summed E-state index contributed by atoms with van der Waals surface area (Å²) in [5.74, 6) is 0.411. The summed E-state index contributed by atoms with van der Waals surface area (Å²) in [6.07, 6.45) is 21.2. The zero-order chi connectivity index (χ0) is 20.2. The van der Waals surface area contributed by atoms with Crippen molar-refractivity contribution in [3.63, 3.8) is 0 Å². The highest BCUT2D eigenvalue weighted by molar-refractivity contribution is 5.94. The molecule has 0 aromatic carbocycles. The lowest BCUT2D eigenvalue weighted by molar-refractivity contribution is -0.145. The molecule has 0 aromatic rings. The molecule has 3 heteroatoms. The summed E-state index contributed by atoms with van der Waals surface area (Å²) >= 11 is 0. The van der Waals surface area contributed by atoms with Crippen molar-refractivity contribution in [3.05, 3.63) is 0 Å². The predicted molar refractivity (Wildman–Crippen MR) is 115 cm³/mol. The molecule has 0 saturated carbocycles. The van der Waals surface area contributed by atoms with Gasteiger partial charge in [-0.25, -0.2) is 0 Å². The fourth-order valence-corrected chi connectivity index (χ4v) is 3.51. The summed E-state index contributed by atoms with van der Waals surface area (Å²) < 4.78 is 5.02. The Morgan fingerprint density at radius 2 is 1.15 bits per heavy atom. The second-order valence-electron chi connectivity index (χ2n) is 8.38. The molecule has 0 radical (unpaired) electrons. The fraction of sp³-hybridized carbons (Fsp3) is 0.917. The van der Waals surface area contributed by atoms with Gasteiger partial charge in [0.2, 0.25) is 0 Å². The maximum Gasteiger partial charge on any atom is 0.313 e. The van der Waals surface area contributed by atoms with Crippen LogP contribution in [0.5, 0.6) is 0 Å².